The van der Waals surface area contributed by atoms with E-state index in [1.807, 2.05) is 66.4 Å². The smallest absolute Gasteiger partial charge is 0.253 e. The molecule has 132 valence electrons. The fourth-order valence-electron chi connectivity index (χ4n) is 3.35. The average molecular weight is 347 g/mol. The van der Waals surface area contributed by atoms with E-state index in [4.69, 9.17) is 4.52 Å². The van der Waals surface area contributed by atoms with Gasteiger partial charge in [-0.2, -0.15) is 4.98 Å². The molecule has 1 saturated heterocycles. The molecular weight excluding hydrogens is 326 g/mol. The van der Waals surface area contributed by atoms with Gasteiger partial charge in [0.05, 0.1) is 5.92 Å². The number of benzene rings is 2. The summed E-state index contributed by atoms with van der Waals surface area (Å²) in [6.07, 6.45) is 1.89. The van der Waals surface area contributed by atoms with Crippen molar-refractivity contribution >= 4 is 5.91 Å². The Balaban J connectivity index is 1.50. The highest BCUT2D eigenvalue weighted by Crippen LogP contribution is 2.28. The molecule has 1 fully saturated rings. The van der Waals surface area contributed by atoms with Crippen LogP contribution < -0.4 is 0 Å². The maximum absolute atomic E-state index is 12.7. The molecule has 0 saturated carbocycles. The molecular formula is C21H21N3O2. The standard InChI is InChI=1S/C21H21N3O2/c1-15-9-11-16(12-10-15)19-22-20(26-23-19)18-8-5-13-24(14-18)21(25)17-6-3-2-4-7-17/h2-4,6-7,9-12,18H,5,8,13-14H2,1H3/t18-/m1/s1. The van der Waals surface area contributed by atoms with Gasteiger partial charge in [-0.1, -0.05) is 53.2 Å². The van der Waals surface area contributed by atoms with Crippen molar-refractivity contribution < 1.29 is 9.32 Å². The lowest BCUT2D eigenvalue weighted by Gasteiger charge is -2.31. The summed E-state index contributed by atoms with van der Waals surface area (Å²) in [6.45, 7) is 3.43. The maximum Gasteiger partial charge on any atom is 0.253 e. The van der Waals surface area contributed by atoms with Crippen LogP contribution in [-0.2, 0) is 0 Å². The lowest BCUT2D eigenvalue weighted by atomic mass is 9.97. The lowest BCUT2D eigenvalue weighted by Crippen LogP contribution is -2.39. The molecule has 26 heavy (non-hydrogen) atoms. The number of piperidine rings is 1. The largest absolute Gasteiger partial charge is 0.339 e. The summed E-state index contributed by atoms with van der Waals surface area (Å²) in [5, 5.41) is 4.13. The summed E-state index contributed by atoms with van der Waals surface area (Å²) >= 11 is 0. The first-order valence-electron chi connectivity index (χ1n) is 8.95. The van der Waals surface area contributed by atoms with Gasteiger partial charge >= 0.3 is 0 Å². The van der Waals surface area contributed by atoms with Gasteiger partial charge < -0.3 is 9.42 Å². The van der Waals surface area contributed by atoms with Crippen molar-refractivity contribution in [3.63, 3.8) is 0 Å². The van der Waals surface area contributed by atoms with E-state index < -0.39 is 0 Å². The number of aromatic nitrogens is 2. The highest BCUT2D eigenvalue weighted by Gasteiger charge is 2.29. The van der Waals surface area contributed by atoms with Crippen LogP contribution in [0.25, 0.3) is 11.4 Å². The molecule has 4 rings (SSSR count). The first kappa shape index (κ1) is 16.5. The quantitative estimate of drug-likeness (QED) is 0.717. The molecule has 1 aliphatic rings. The highest BCUT2D eigenvalue weighted by atomic mass is 16.5. The van der Waals surface area contributed by atoms with Gasteiger partial charge in [0.1, 0.15) is 0 Å². The Morgan fingerprint density at radius 3 is 2.65 bits per heavy atom. The van der Waals surface area contributed by atoms with Crippen LogP contribution in [-0.4, -0.2) is 34.0 Å². The Bertz CT molecular complexity index is 887. The summed E-state index contributed by atoms with van der Waals surface area (Å²) in [4.78, 5) is 19.2. The Morgan fingerprint density at radius 2 is 1.88 bits per heavy atom. The van der Waals surface area contributed by atoms with E-state index in [0.29, 0.717) is 18.3 Å². The first-order chi connectivity index (χ1) is 12.7. The molecule has 2 aromatic carbocycles. The SMILES string of the molecule is Cc1ccc(-c2noc([C@@H]3CCCN(C(=O)c4ccccc4)C3)n2)cc1. The predicted molar refractivity (Wildman–Crippen MR) is 98.8 cm³/mol. The van der Waals surface area contributed by atoms with Gasteiger partial charge in [-0.25, -0.2) is 0 Å². The van der Waals surface area contributed by atoms with E-state index >= 15 is 0 Å². The van der Waals surface area contributed by atoms with Crippen LogP contribution in [0.3, 0.4) is 0 Å². The van der Waals surface area contributed by atoms with Gasteiger partial charge in [-0.3, -0.25) is 4.79 Å². The lowest BCUT2D eigenvalue weighted by molar-refractivity contribution is 0.0695. The van der Waals surface area contributed by atoms with E-state index in [2.05, 4.69) is 10.1 Å². The van der Waals surface area contributed by atoms with Gasteiger partial charge in [-0.05, 0) is 31.9 Å². The van der Waals surface area contributed by atoms with Crippen molar-refractivity contribution in [2.45, 2.75) is 25.7 Å². The minimum absolute atomic E-state index is 0.0635. The van der Waals surface area contributed by atoms with Crippen LogP contribution in [0.4, 0.5) is 0 Å². The summed E-state index contributed by atoms with van der Waals surface area (Å²) in [6, 6.07) is 17.5. The number of amides is 1. The summed E-state index contributed by atoms with van der Waals surface area (Å²) < 4.78 is 5.52. The predicted octanol–water partition coefficient (Wildman–Crippen LogP) is 4.06. The molecule has 1 amide bonds. The van der Waals surface area contributed by atoms with Crippen molar-refractivity contribution in [1.29, 1.82) is 0 Å². The molecule has 1 aliphatic heterocycles. The van der Waals surface area contributed by atoms with Gasteiger partial charge in [0.2, 0.25) is 11.7 Å². The van der Waals surface area contributed by atoms with Crippen molar-refractivity contribution in [2.24, 2.45) is 0 Å². The highest BCUT2D eigenvalue weighted by molar-refractivity contribution is 5.94. The topological polar surface area (TPSA) is 59.2 Å². The van der Waals surface area contributed by atoms with E-state index in [1.165, 1.54) is 5.56 Å². The van der Waals surface area contributed by atoms with E-state index in [1.54, 1.807) is 0 Å². The van der Waals surface area contributed by atoms with Crippen LogP contribution in [0, 0.1) is 6.92 Å². The summed E-state index contributed by atoms with van der Waals surface area (Å²) in [5.74, 6) is 1.37. The molecule has 5 nitrogen and oxygen atoms in total. The molecule has 0 spiro atoms. The molecule has 5 heteroatoms. The number of aryl methyl sites for hydroxylation is 1. The number of carbonyl (C=O) groups is 1. The normalized spacial score (nSPS) is 17.3. The minimum Gasteiger partial charge on any atom is -0.339 e. The third-order valence-corrected chi connectivity index (χ3v) is 4.83. The minimum atomic E-state index is 0.0635. The third kappa shape index (κ3) is 3.38. The zero-order valence-electron chi connectivity index (χ0n) is 14.8. The maximum atomic E-state index is 12.7. The second kappa shape index (κ2) is 7.12. The van der Waals surface area contributed by atoms with E-state index in [0.717, 1.165) is 30.5 Å². The number of rotatable bonds is 3. The molecule has 1 atom stereocenters. The average Bonchev–Trinajstić information content (AvgIpc) is 3.19. The fraction of sp³-hybridized carbons (Fsp3) is 0.286. The summed E-state index contributed by atoms with van der Waals surface area (Å²) in [7, 11) is 0. The Morgan fingerprint density at radius 1 is 1.12 bits per heavy atom. The molecule has 0 radical (unpaired) electrons. The van der Waals surface area contributed by atoms with Gasteiger partial charge in [0.25, 0.3) is 5.91 Å². The van der Waals surface area contributed by atoms with Crippen LogP contribution in [0.5, 0.6) is 0 Å². The van der Waals surface area contributed by atoms with Crippen LogP contribution in [0.2, 0.25) is 0 Å². The molecule has 0 N–H and O–H groups in total. The van der Waals surface area contributed by atoms with Crippen molar-refractivity contribution in [2.75, 3.05) is 13.1 Å². The Hall–Kier alpha value is -2.95. The van der Waals surface area contributed by atoms with Gasteiger partial charge in [-0.15, -0.1) is 0 Å². The zero-order valence-corrected chi connectivity index (χ0v) is 14.8. The van der Waals surface area contributed by atoms with Crippen molar-refractivity contribution in [1.82, 2.24) is 15.0 Å². The molecule has 3 aromatic rings. The molecule has 1 aromatic heterocycles. The number of hydrogen-bond donors (Lipinski definition) is 0. The molecule has 0 bridgehead atoms. The molecule has 0 unspecified atom stereocenters. The number of nitrogens with zero attached hydrogens (tertiary/aromatic N) is 3. The third-order valence-electron chi connectivity index (χ3n) is 4.83. The molecule has 2 heterocycles. The Labute approximate surface area is 152 Å². The Kier molecular flexibility index (Phi) is 4.52. The number of hydrogen-bond acceptors (Lipinski definition) is 4. The summed E-state index contributed by atoms with van der Waals surface area (Å²) in [5.41, 5.74) is 2.86. The van der Waals surface area contributed by atoms with Crippen molar-refractivity contribution in [3.05, 3.63) is 71.6 Å². The van der Waals surface area contributed by atoms with E-state index in [9.17, 15) is 4.79 Å². The van der Waals surface area contributed by atoms with Crippen molar-refractivity contribution in [3.8, 4) is 11.4 Å². The van der Waals surface area contributed by atoms with Gasteiger partial charge in [0, 0.05) is 24.2 Å². The number of likely N-dealkylation sites (tertiary alicyclic amines) is 1. The molecule has 0 aliphatic carbocycles. The second-order valence-electron chi connectivity index (χ2n) is 6.78. The van der Waals surface area contributed by atoms with E-state index in [-0.39, 0.29) is 11.8 Å². The first-order valence-corrected chi connectivity index (χ1v) is 8.95. The monoisotopic (exact) mass is 347 g/mol. The zero-order chi connectivity index (χ0) is 17.9. The number of carbonyl (C=O) groups excluding carboxylic acids is 1. The fourth-order valence-corrected chi connectivity index (χ4v) is 3.35. The second-order valence-corrected chi connectivity index (χ2v) is 6.78. The van der Waals surface area contributed by atoms with Crippen LogP contribution >= 0.6 is 0 Å². The van der Waals surface area contributed by atoms with Gasteiger partial charge in [0.15, 0.2) is 0 Å². The van der Waals surface area contributed by atoms with Crippen LogP contribution in [0.1, 0.15) is 40.6 Å². The van der Waals surface area contributed by atoms with Crippen LogP contribution in [0.15, 0.2) is 59.1 Å².